The highest BCUT2D eigenvalue weighted by molar-refractivity contribution is 7.15. The second kappa shape index (κ2) is 6.03. The number of likely N-dealkylation sites (tertiary alicyclic amines) is 1. The molecule has 2 aromatic heterocycles. The highest BCUT2D eigenvalue weighted by Gasteiger charge is 2.23. The maximum absolute atomic E-state index is 11.6. The van der Waals surface area contributed by atoms with E-state index in [0.717, 1.165) is 22.8 Å². The van der Waals surface area contributed by atoms with E-state index in [-0.39, 0.29) is 0 Å². The largest absolute Gasteiger partial charge is 0.366 e. The van der Waals surface area contributed by atoms with E-state index in [4.69, 9.17) is 5.73 Å². The zero-order chi connectivity index (χ0) is 16.7. The van der Waals surface area contributed by atoms with Gasteiger partial charge in [0.05, 0.1) is 16.0 Å². The van der Waals surface area contributed by atoms with E-state index in [1.165, 1.54) is 24.1 Å². The number of benzene rings is 1. The lowest BCUT2D eigenvalue weighted by molar-refractivity contribution is 0.100. The quantitative estimate of drug-likeness (QED) is 0.765. The Morgan fingerprint density at radius 2 is 2.21 bits per heavy atom. The molecule has 1 atom stereocenters. The van der Waals surface area contributed by atoms with Crippen molar-refractivity contribution in [2.75, 3.05) is 13.6 Å². The van der Waals surface area contributed by atoms with Crippen LogP contribution in [0.4, 0.5) is 0 Å². The van der Waals surface area contributed by atoms with Gasteiger partial charge in [0.2, 0.25) is 0 Å². The van der Waals surface area contributed by atoms with Gasteiger partial charge in [-0.3, -0.25) is 9.69 Å². The number of H-pyrrole nitrogens is 1. The van der Waals surface area contributed by atoms with Crippen molar-refractivity contribution in [3.8, 4) is 10.7 Å². The number of primary amides is 1. The first-order valence-electron chi connectivity index (χ1n) is 8.22. The monoisotopic (exact) mass is 340 g/mol. The molecule has 0 radical (unpaired) electrons. The van der Waals surface area contributed by atoms with Gasteiger partial charge >= 0.3 is 0 Å². The van der Waals surface area contributed by atoms with E-state index in [9.17, 15) is 4.79 Å². The molecular formula is C18H20N4OS. The average Bonchev–Trinajstić information content (AvgIpc) is 3.21. The number of amides is 1. The lowest BCUT2D eigenvalue weighted by Gasteiger charge is -2.31. The van der Waals surface area contributed by atoms with Crippen molar-refractivity contribution in [3.05, 3.63) is 40.8 Å². The Kier molecular flexibility index (Phi) is 3.86. The van der Waals surface area contributed by atoms with Gasteiger partial charge < -0.3 is 10.7 Å². The van der Waals surface area contributed by atoms with Crippen molar-refractivity contribution in [1.82, 2.24) is 14.9 Å². The molecule has 1 aromatic carbocycles. The van der Waals surface area contributed by atoms with Crippen LogP contribution in [0.2, 0.25) is 0 Å². The number of nitrogens with two attached hydrogens (primary N) is 1. The van der Waals surface area contributed by atoms with Crippen LogP contribution in [0.5, 0.6) is 0 Å². The summed E-state index contributed by atoms with van der Waals surface area (Å²) in [5.41, 5.74) is 7.39. The van der Waals surface area contributed by atoms with Crippen LogP contribution in [0.3, 0.4) is 0 Å². The molecule has 24 heavy (non-hydrogen) atoms. The maximum atomic E-state index is 11.6. The summed E-state index contributed by atoms with van der Waals surface area (Å²) >= 11 is 1.77. The Bertz CT molecular complexity index is 897. The van der Waals surface area contributed by atoms with Crippen LogP contribution in [0.1, 0.15) is 40.5 Å². The smallest absolute Gasteiger partial charge is 0.250 e. The third-order valence-corrected chi connectivity index (χ3v) is 5.93. The fraction of sp³-hybridized carbons (Fsp3) is 0.333. The number of nitrogens with zero attached hydrogens (tertiary/aromatic N) is 2. The van der Waals surface area contributed by atoms with Crippen LogP contribution in [-0.4, -0.2) is 34.4 Å². The van der Waals surface area contributed by atoms with Crippen LogP contribution in [-0.2, 0) is 0 Å². The second-order valence-electron chi connectivity index (χ2n) is 6.35. The van der Waals surface area contributed by atoms with Crippen LogP contribution in [0.15, 0.2) is 30.3 Å². The zero-order valence-corrected chi connectivity index (χ0v) is 14.4. The molecule has 1 saturated heterocycles. The molecule has 0 bridgehead atoms. The molecule has 0 saturated carbocycles. The summed E-state index contributed by atoms with van der Waals surface area (Å²) < 4.78 is 0. The summed E-state index contributed by atoms with van der Waals surface area (Å²) in [5, 5.41) is 0. The molecule has 1 aliphatic rings. The second-order valence-corrected chi connectivity index (χ2v) is 7.46. The van der Waals surface area contributed by atoms with Crippen molar-refractivity contribution < 1.29 is 4.79 Å². The van der Waals surface area contributed by atoms with Crippen LogP contribution in [0, 0.1) is 0 Å². The molecule has 3 heterocycles. The molecule has 3 aromatic rings. The first-order valence-corrected chi connectivity index (χ1v) is 9.04. The number of fused-ring (bicyclic) bond motifs is 1. The number of aromatic nitrogens is 2. The van der Waals surface area contributed by atoms with Gasteiger partial charge in [-0.05, 0) is 50.7 Å². The Balaban J connectivity index is 1.71. The van der Waals surface area contributed by atoms with Crippen molar-refractivity contribution in [2.24, 2.45) is 5.73 Å². The minimum Gasteiger partial charge on any atom is -0.366 e. The van der Waals surface area contributed by atoms with E-state index in [1.54, 1.807) is 17.4 Å². The summed E-state index contributed by atoms with van der Waals surface area (Å²) in [5.74, 6) is 0.350. The first kappa shape index (κ1) is 15.4. The number of piperidine rings is 1. The number of hydrogen-bond donors (Lipinski definition) is 2. The number of nitrogens with one attached hydrogen (secondary N) is 1. The number of hydrogen-bond acceptors (Lipinski definition) is 4. The standard InChI is InChI=1S/C18H20N4OS/c1-22-10-3-2-7-13(22)14-8-9-15(24-14)18-20-12-6-4-5-11(17(19)23)16(12)21-18/h4-6,8-9,13H,2-3,7,10H2,1H3,(H2,19,23)(H,20,21). The molecule has 4 rings (SSSR count). The summed E-state index contributed by atoms with van der Waals surface area (Å²) in [6.07, 6.45) is 3.78. The highest BCUT2D eigenvalue weighted by atomic mass is 32.1. The van der Waals surface area contributed by atoms with Gasteiger partial charge in [0, 0.05) is 10.9 Å². The topological polar surface area (TPSA) is 75.0 Å². The van der Waals surface area contributed by atoms with E-state index in [1.807, 2.05) is 12.1 Å². The molecule has 0 spiro atoms. The lowest BCUT2D eigenvalue weighted by atomic mass is 10.0. The third-order valence-electron chi connectivity index (χ3n) is 4.74. The zero-order valence-electron chi connectivity index (χ0n) is 13.6. The summed E-state index contributed by atoms with van der Waals surface area (Å²) in [6.45, 7) is 1.16. The molecule has 3 N–H and O–H groups in total. The number of thiophene rings is 1. The van der Waals surface area contributed by atoms with E-state index in [0.29, 0.717) is 17.1 Å². The SMILES string of the molecule is CN1CCCCC1c1ccc(-c2nc3c(C(N)=O)cccc3[nH]2)s1. The maximum Gasteiger partial charge on any atom is 0.250 e. The summed E-state index contributed by atoms with van der Waals surface area (Å²) in [4.78, 5) is 24.4. The van der Waals surface area contributed by atoms with Gasteiger partial charge in [-0.25, -0.2) is 4.98 Å². The number of aromatic amines is 1. The minimum absolute atomic E-state index is 0.450. The molecule has 6 heteroatoms. The fourth-order valence-electron chi connectivity index (χ4n) is 3.44. The molecular weight excluding hydrogens is 320 g/mol. The number of carbonyl (C=O) groups excluding carboxylic acids is 1. The molecule has 5 nitrogen and oxygen atoms in total. The van der Waals surface area contributed by atoms with E-state index >= 15 is 0 Å². The van der Waals surface area contributed by atoms with Crippen molar-refractivity contribution >= 4 is 28.3 Å². The van der Waals surface area contributed by atoms with Crippen molar-refractivity contribution in [3.63, 3.8) is 0 Å². The van der Waals surface area contributed by atoms with Crippen LogP contribution < -0.4 is 5.73 Å². The van der Waals surface area contributed by atoms with Gasteiger partial charge in [-0.1, -0.05) is 12.5 Å². The highest BCUT2D eigenvalue weighted by Crippen LogP contribution is 2.37. The molecule has 1 unspecified atom stereocenters. The Labute approximate surface area is 144 Å². The van der Waals surface area contributed by atoms with Gasteiger partial charge in [-0.2, -0.15) is 0 Å². The van der Waals surface area contributed by atoms with E-state index in [2.05, 4.69) is 34.0 Å². The number of carbonyl (C=O) groups is 1. The summed E-state index contributed by atoms with van der Waals surface area (Å²) in [6, 6.07) is 10.3. The molecule has 1 amide bonds. The number of rotatable bonds is 3. The predicted octanol–water partition coefficient (Wildman–Crippen LogP) is 3.55. The predicted molar refractivity (Wildman–Crippen MR) is 97.1 cm³/mol. The van der Waals surface area contributed by atoms with E-state index < -0.39 is 5.91 Å². The molecule has 1 fully saturated rings. The van der Waals surface area contributed by atoms with Gasteiger partial charge in [0.1, 0.15) is 11.3 Å². The average molecular weight is 340 g/mol. The lowest BCUT2D eigenvalue weighted by Crippen LogP contribution is -2.28. The van der Waals surface area contributed by atoms with Gasteiger partial charge in [-0.15, -0.1) is 11.3 Å². The normalized spacial score (nSPS) is 19.0. The number of para-hydroxylation sites is 1. The molecule has 1 aliphatic heterocycles. The Morgan fingerprint density at radius 3 is 3.00 bits per heavy atom. The van der Waals surface area contributed by atoms with Crippen LogP contribution in [0.25, 0.3) is 21.7 Å². The Hall–Kier alpha value is -2.18. The van der Waals surface area contributed by atoms with Gasteiger partial charge in [0.25, 0.3) is 5.91 Å². The van der Waals surface area contributed by atoms with Crippen molar-refractivity contribution in [1.29, 1.82) is 0 Å². The van der Waals surface area contributed by atoms with Crippen molar-refractivity contribution in [2.45, 2.75) is 25.3 Å². The van der Waals surface area contributed by atoms with Crippen LogP contribution >= 0.6 is 11.3 Å². The minimum atomic E-state index is -0.450. The first-order chi connectivity index (χ1) is 11.6. The summed E-state index contributed by atoms with van der Waals surface area (Å²) in [7, 11) is 2.20. The van der Waals surface area contributed by atoms with Gasteiger partial charge in [0.15, 0.2) is 0 Å². The Morgan fingerprint density at radius 1 is 1.33 bits per heavy atom. The fourth-order valence-corrected chi connectivity index (χ4v) is 4.59. The number of imidazole rings is 1. The molecule has 124 valence electrons. The third kappa shape index (κ3) is 2.61. The molecule has 0 aliphatic carbocycles.